The van der Waals surface area contributed by atoms with Crippen LogP contribution in [0.4, 0.5) is 0 Å². The fourth-order valence-electron chi connectivity index (χ4n) is 8.97. The van der Waals surface area contributed by atoms with E-state index in [0.717, 1.165) is 37.5 Å². The summed E-state index contributed by atoms with van der Waals surface area (Å²) in [6, 6.07) is 0. The van der Waals surface area contributed by atoms with Gasteiger partial charge in [-0.3, -0.25) is 14.4 Å². The summed E-state index contributed by atoms with van der Waals surface area (Å²) in [5.41, 5.74) is 0.614. The van der Waals surface area contributed by atoms with Crippen LogP contribution in [0.3, 0.4) is 0 Å². The Balaban J connectivity index is 1.45. The second-order valence-electron chi connectivity index (χ2n) is 12.3. The number of esters is 3. The Bertz CT molecular complexity index is 794. The third-order valence-electron chi connectivity index (χ3n) is 10.5. The van der Waals surface area contributed by atoms with E-state index in [1.165, 1.54) is 59.3 Å². The molecule has 34 heavy (non-hydrogen) atoms. The molecule has 9 atom stereocenters. The highest BCUT2D eigenvalue weighted by molar-refractivity contribution is 5.67. The van der Waals surface area contributed by atoms with Crippen LogP contribution in [-0.4, -0.2) is 36.7 Å². The SMILES string of the molecule is CC(=O)OC[C@H](C[C@H]1CC[C@H]2[C@@H]3CC[C@H]4C[C@@H](OC(C)=O)CC[C@]4(C)[C@H]3CC[C@]12C)OC(C)=O. The van der Waals surface area contributed by atoms with Crippen molar-refractivity contribution in [2.45, 2.75) is 111 Å². The second kappa shape index (κ2) is 9.81. The highest BCUT2D eigenvalue weighted by Gasteiger charge is 2.60. The number of hydrogen-bond acceptors (Lipinski definition) is 6. The molecule has 0 aromatic carbocycles. The van der Waals surface area contributed by atoms with Gasteiger partial charge in [0.2, 0.25) is 0 Å². The minimum Gasteiger partial charge on any atom is -0.463 e. The molecule has 6 nitrogen and oxygen atoms in total. The smallest absolute Gasteiger partial charge is 0.303 e. The van der Waals surface area contributed by atoms with Crippen molar-refractivity contribution in [2.24, 2.45) is 40.4 Å². The van der Waals surface area contributed by atoms with Gasteiger partial charge in [0.05, 0.1) is 0 Å². The highest BCUT2D eigenvalue weighted by Crippen LogP contribution is 2.68. The van der Waals surface area contributed by atoms with Gasteiger partial charge in [0.25, 0.3) is 0 Å². The lowest BCUT2D eigenvalue weighted by Crippen LogP contribution is -2.54. The van der Waals surface area contributed by atoms with Gasteiger partial charge in [0, 0.05) is 20.8 Å². The standard InChI is InChI=1S/C28H44O6/c1-17(29)32-16-23(34-19(3)31)15-21-7-9-25-24-8-6-20-14-22(33-18(2)30)10-12-27(20,4)26(24)11-13-28(21,25)5/h20-26H,6-16H2,1-5H3/t20-,21+,22-,23-,24-,25-,26-,27-,28+/m0/s1. The average Bonchev–Trinajstić information content (AvgIpc) is 3.07. The van der Waals surface area contributed by atoms with Gasteiger partial charge in [0.15, 0.2) is 0 Å². The van der Waals surface area contributed by atoms with E-state index in [1.54, 1.807) is 0 Å². The van der Waals surface area contributed by atoms with Crippen LogP contribution in [0.5, 0.6) is 0 Å². The summed E-state index contributed by atoms with van der Waals surface area (Å²) in [6.45, 7) is 9.52. The van der Waals surface area contributed by atoms with Crippen LogP contribution < -0.4 is 0 Å². The van der Waals surface area contributed by atoms with Gasteiger partial charge >= 0.3 is 17.9 Å². The molecular formula is C28H44O6. The van der Waals surface area contributed by atoms with Crippen molar-refractivity contribution in [3.05, 3.63) is 0 Å². The predicted octanol–water partition coefficient (Wildman–Crippen LogP) is 5.46. The molecule has 0 amide bonds. The lowest BCUT2D eigenvalue weighted by Gasteiger charge is -2.61. The number of carbonyl (C=O) groups is 3. The number of ether oxygens (including phenoxy) is 3. The van der Waals surface area contributed by atoms with E-state index in [0.29, 0.717) is 23.2 Å². The molecule has 4 fully saturated rings. The Morgan fingerprint density at radius 1 is 0.824 bits per heavy atom. The van der Waals surface area contributed by atoms with Gasteiger partial charge in [-0.15, -0.1) is 0 Å². The number of hydrogen-bond donors (Lipinski definition) is 0. The highest BCUT2D eigenvalue weighted by atomic mass is 16.6. The van der Waals surface area contributed by atoms with Gasteiger partial charge < -0.3 is 14.2 Å². The largest absolute Gasteiger partial charge is 0.463 e. The zero-order chi connectivity index (χ0) is 24.7. The van der Waals surface area contributed by atoms with Crippen LogP contribution in [0, 0.1) is 40.4 Å². The van der Waals surface area contributed by atoms with E-state index >= 15 is 0 Å². The first-order valence-electron chi connectivity index (χ1n) is 13.5. The fraction of sp³-hybridized carbons (Fsp3) is 0.893. The summed E-state index contributed by atoms with van der Waals surface area (Å²) in [7, 11) is 0. The van der Waals surface area contributed by atoms with Crippen LogP contribution in [0.2, 0.25) is 0 Å². The Morgan fingerprint density at radius 3 is 2.21 bits per heavy atom. The van der Waals surface area contributed by atoms with Gasteiger partial charge in [-0.05, 0) is 105 Å². The third-order valence-corrected chi connectivity index (χ3v) is 10.5. The zero-order valence-corrected chi connectivity index (χ0v) is 21.8. The topological polar surface area (TPSA) is 78.9 Å². The van der Waals surface area contributed by atoms with Gasteiger partial charge in [-0.25, -0.2) is 0 Å². The molecule has 4 saturated carbocycles. The quantitative estimate of drug-likeness (QED) is 0.374. The van der Waals surface area contributed by atoms with E-state index in [4.69, 9.17) is 14.2 Å². The second-order valence-corrected chi connectivity index (χ2v) is 12.3. The molecule has 0 aromatic rings. The normalized spacial score (nSPS) is 41.9. The van der Waals surface area contributed by atoms with Crippen molar-refractivity contribution in [3.63, 3.8) is 0 Å². The number of fused-ring (bicyclic) bond motifs is 5. The maximum absolute atomic E-state index is 11.7. The van der Waals surface area contributed by atoms with Crippen molar-refractivity contribution in [1.82, 2.24) is 0 Å². The molecule has 0 spiro atoms. The van der Waals surface area contributed by atoms with Crippen molar-refractivity contribution >= 4 is 17.9 Å². The van der Waals surface area contributed by atoms with E-state index in [-0.39, 0.29) is 42.1 Å². The molecular weight excluding hydrogens is 432 g/mol. The van der Waals surface area contributed by atoms with Crippen molar-refractivity contribution in [1.29, 1.82) is 0 Å². The van der Waals surface area contributed by atoms with Crippen LogP contribution >= 0.6 is 0 Å². The lowest BCUT2D eigenvalue weighted by molar-refractivity contribution is -0.162. The Kier molecular flexibility index (Phi) is 7.36. The number of carbonyl (C=O) groups excluding carboxylic acids is 3. The average molecular weight is 477 g/mol. The third kappa shape index (κ3) is 4.88. The molecule has 4 rings (SSSR count). The van der Waals surface area contributed by atoms with E-state index in [2.05, 4.69) is 13.8 Å². The molecule has 0 unspecified atom stereocenters. The summed E-state index contributed by atoms with van der Waals surface area (Å²) < 4.78 is 16.4. The molecule has 0 N–H and O–H groups in total. The molecule has 0 saturated heterocycles. The minimum atomic E-state index is -0.357. The van der Waals surface area contributed by atoms with E-state index < -0.39 is 0 Å². The summed E-state index contributed by atoms with van der Waals surface area (Å²) in [5, 5.41) is 0. The minimum absolute atomic E-state index is 0.104. The van der Waals surface area contributed by atoms with Crippen LogP contribution in [0.15, 0.2) is 0 Å². The van der Waals surface area contributed by atoms with Crippen LogP contribution in [0.25, 0.3) is 0 Å². The first-order chi connectivity index (χ1) is 16.0. The Morgan fingerprint density at radius 2 is 1.53 bits per heavy atom. The van der Waals surface area contributed by atoms with Crippen molar-refractivity contribution in [3.8, 4) is 0 Å². The monoisotopic (exact) mass is 476 g/mol. The molecule has 0 bridgehead atoms. The van der Waals surface area contributed by atoms with Crippen molar-refractivity contribution in [2.75, 3.05) is 6.61 Å². The molecule has 0 aromatic heterocycles. The lowest BCUT2D eigenvalue weighted by atomic mass is 9.44. The molecule has 192 valence electrons. The fourth-order valence-corrected chi connectivity index (χ4v) is 8.97. The molecule has 4 aliphatic carbocycles. The van der Waals surface area contributed by atoms with E-state index in [1.807, 2.05) is 0 Å². The molecule has 0 radical (unpaired) electrons. The maximum atomic E-state index is 11.7. The molecule has 0 heterocycles. The van der Waals surface area contributed by atoms with Gasteiger partial charge in [0.1, 0.15) is 18.8 Å². The first kappa shape index (κ1) is 25.5. The molecule has 6 heteroatoms. The van der Waals surface area contributed by atoms with Crippen LogP contribution in [0.1, 0.15) is 98.8 Å². The summed E-state index contributed by atoms with van der Waals surface area (Å²) in [6.07, 6.45) is 11.2. The Labute approximate surface area is 204 Å². The first-order valence-corrected chi connectivity index (χ1v) is 13.5. The molecule has 4 aliphatic rings. The van der Waals surface area contributed by atoms with Gasteiger partial charge in [-0.1, -0.05) is 13.8 Å². The summed E-state index contributed by atoms with van der Waals surface area (Å²) in [4.78, 5) is 34.5. The van der Waals surface area contributed by atoms with Gasteiger partial charge in [-0.2, -0.15) is 0 Å². The summed E-state index contributed by atoms with van der Waals surface area (Å²) in [5.74, 6) is 2.59. The van der Waals surface area contributed by atoms with Crippen LogP contribution in [-0.2, 0) is 28.6 Å². The molecule has 0 aliphatic heterocycles. The maximum Gasteiger partial charge on any atom is 0.303 e. The predicted molar refractivity (Wildman–Crippen MR) is 128 cm³/mol. The number of rotatable bonds is 6. The zero-order valence-electron chi connectivity index (χ0n) is 21.8. The van der Waals surface area contributed by atoms with E-state index in [9.17, 15) is 14.4 Å². The van der Waals surface area contributed by atoms with Crippen molar-refractivity contribution < 1.29 is 28.6 Å². The summed E-state index contributed by atoms with van der Waals surface area (Å²) >= 11 is 0. The Hall–Kier alpha value is -1.59.